The van der Waals surface area contributed by atoms with Crippen LogP contribution in [-0.4, -0.2) is 59.6 Å². The largest absolute Gasteiger partial charge is 0.490 e. The molecule has 0 bridgehead atoms. The first-order valence-electron chi connectivity index (χ1n) is 8.17. The summed E-state index contributed by atoms with van der Waals surface area (Å²) < 4.78 is 16.1. The number of ether oxygens (including phenoxy) is 2. The minimum absolute atomic E-state index is 0.0306. The van der Waals surface area contributed by atoms with Gasteiger partial charge in [-0.05, 0) is 31.5 Å². The van der Waals surface area contributed by atoms with Gasteiger partial charge in [-0.3, -0.25) is 4.79 Å². The van der Waals surface area contributed by atoms with Crippen LogP contribution in [0.1, 0.15) is 21.6 Å². The Labute approximate surface area is 146 Å². The lowest BCUT2D eigenvalue weighted by molar-refractivity contribution is -0.0621. The molecule has 0 spiro atoms. The van der Waals surface area contributed by atoms with Gasteiger partial charge < -0.3 is 24.0 Å². The third kappa shape index (κ3) is 4.18. The number of rotatable bonds is 4. The number of aryl methyl sites for hydroxylation is 2. The van der Waals surface area contributed by atoms with Gasteiger partial charge in [-0.15, -0.1) is 0 Å². The quantitative estimate of drug-likeness (QED) is 0.905. The minimum Gasteiger partial charge on any atom is -0.490 e. The van der Waals surface area contributed by atoms with E-state index in [1.165, 1.54) is 6.26 Å². The van der Waals surface area contributed by atoms with Gasteiger partial charge in [0.25, 0.3) is 5.91 Å². The molecular formula is C18H22N2O5. The Morgan fingerprint density at radius 3 is 3.00 bits per heavy atom. The van der Waals surface area contributed by atoms with Crippen LogP contribution < -0.4 is 4.74 Å². The molecule has 1 aromatic carbocycles. The molecule has 0 radical (unpaired) electrons. The number of β-amino-alcohol motifs (C(OH)–C–C–N with tert-alkyl or cyclic N) is 1. The zero-order valence-corrected chi connectivity index (χ0v) is 14.4. The molecular weight excluding hydrogens is 324 g/mol. The van der Waals surface area contributed by atoms with Crippen molar-refractivity contribution in [3.05, 3.63) is 47.3 Å². The van der Waals surface area contributed by atoms with Crippen molar-refractivity contribution in [2.75, 3.05) is 32.9 Å². The normalized spacial score (nSPS) is 21.0. The van der Waals surface area contributed by atoms with E-state index in [1.54, 1.807) is 11.8 Å². The Morgan fingerprint density at radius 1 is 1.44 bits per heavy atom. The summed E-state index contributed by atoms with van der Waals surface area (Å²) in [4.78, 5) is 14.2. The van der Waals surface area contributed by atoms with Crippen LogP contribution in [0.25, 0.3) is 0 Å². The number of carbonyl (C=O) groups is 1. The summed E-state index contributed by atoms with van der Waals surface area (Å²) in [6, 6.07) is 7.59. The van der Waals surface area contributed by atoms with Crippen molar-refractivity contribution in [1.29, 1.82) is 0 Å². The molecule has 0 aliphatic carbocycles. The molecule has 7 heteroatoms. The predicted octanol–water partition coefficient (Wildman–Crippen LogP) is 1.57. The van der Waals surface area contributed by atoms with Crippen LogP contribution in [0.15, 0.2) is 35.1 Å². The van der Waals surface area contributed by atoms with Gasteiger partial charge in [0, 0.05) is 6.54 Å². The van der Waals surface area contributed by atoms with Gasteiger partial charge in [-0.1, -0.05) is 17.3 Å². The number of hydrogen-bond acceptors (Lipinski definition) is 6. The molecule has 3 rings (SSSR count). The van der Waals surface area contributed by atoms with E-state index >= 15 is 0 Å². The van der Waals surface area contributed by atoms with E-state index in [0.29, 0.717) is 30.2 Å². The van der Waals surface area contributed by atoms with Gasteiger partial charge in [-0.25, -0.2) is 0 Å². The molecule has 1 aromatic heterocycles. The monoisotopic (exact) mass is 346 g/mol. The zero-order valence-electron chi connectivity index (χ0n) is 14.4. The van der Waals surface area contributed by atoms with Crippen LogP contribution in [-0.2, 0) is 4.74 Å². The van der Waals surface area contributed by atoms with E-state index < -0.39 is 5.60 Å². The number of carbonyl (C=O) groups excluding carboxylic acids is 1. The first-order valence-corrected chi connectivity index (χ1v) is 8.17. The van der Waals surface area contributed by atoms with Crippen molar-refractivity contribution in [2.45, 2.75) is 19.4 Å². The Kier molecular flexibility index (Phi) is 5.06. The molecule has 0 saturated carbocycles. The zero-order chi connectivity index (χ0) is 17.9. The van der Waals surface area contributed by atoms with Crippen molar-refractivity contribution < 1.29 is 23.9 Å². The predicted molar refractivity (Wildman–Crippen MR) is 89.6 cm³/mol. The Bertz CT molecular complexity index is 745. The summed E-state index contributed by atoms with van der Waals surface area (Å²) in [7, 11) is 0. The van der Waals surface area contributed by atoms with Gasteiger partial charge in [0.1, 0.15) is 29.8 Å². The maximum absolute atomic E-state index is 12.7. The summed E-state index contributed by atoms with van der Waals surface area (Å²) in [6.07, 6.45) is 1.33. The standard InChI is InChI=1S/C18H22N2O5/c1-13-4-3-5-15(8-13)24-12-18(22)10-20(6-7-23-11-18)17(21)16-9-25-19-14(16)2/h3-5,8-9,22H,6-7,10-12H2,1-2H3/t18-/m0/s1. The fourth-order valence-corrected chi connectivity index (χ4v) is 2.77. The second-order valence-corrected chi connectivity index (χ2v) is 6.42. The van der Waals surface area contributed by atoms with E-state index in [-0.39, 0.29) is 25.7 Å². The van der Waals surface area contributed by atoms with E-state index in [1.807, 2.05) is 31.2 Å². The fraction of sp³-hybridized carbons (Fsp3) is 0.444. The first-order chi connectivity index (χ1) is 12.0. The van der Waals surface area contributed by atoms with Crippen LogP contribution in [0, 0.1) is 13.8 Å². The lowest BCUT2D eigenvalue weighted by Gasteiger charge is -2.30. The molecule has 0 unspecified atom stereocenters. The number of aromatic nitrogens is 1. The summed E-state index contributed by atoms with van der Waals surface area (Å²) in [5.74, 6) is 0.434. The van der Waals surface area contributed by atoms with E-state index in [4.69, 9.17) is 14.0 Å². The van der Waals surface area contributed by atoms with Crippen molar-refractivity contribution in [3.8, 4) is 5.75 Å². The topological polar surface area (TPSA) is 85.0 Å². The maximum Gasteiger partial charge on any atom is 0.259 e. The minimum atomic E-state index is -1.29. The fourth-order valence-electron chi connectivity index (χ4n) is 2.77. The molecule has 7 nitrogen and oxygen atoms in total. The van der Waals surface area contributed by atoms with Crippen LogP contribution in [0.4, 0.5) is 0 Å². The molecule has 1 saturated heterocycles. The van der Waals surface area contributed by atoms with Gasteiger partial charge in [0.05, 0.1) is 25.5 Å². The summed E-state index contributed by atoms with van der Waals surface area (Å²) in [5.41, 5.74) is 0.695. The number of benzene rings is 1. The van der Waals surface area contributed by atoms with Crippen LogP contribution in [0.3, 0.4) is 0 Å². The summed E-state index contributed by atoms with van der Waals surface area (Å²) in [6.45, 7) is 4.66. The molecule has 134 valence electrons. The highest BCUT2D eigenvalue weighted by molar-refractivity contribution is 5.94. The van der Waals surface area contributed by atoms with E-state index in [2.05, 4.69) is 5.16 Å². The number of amides is 1. The number of nitrogens with zero attached hydrogens (tertiary/aromatic N) is 2. The molecule has 1 atom stereocenters. The highest BCUT2D eigenvalue weighted by atomic mass is 16.5. The SMILES string of the molecule is Cc1cccc(OC[C@@]2(O)COCCN(C(=O)c3conc3C)C2)c1. The first kappa shape index (κ1) is 17.4. The maximum atomic E-state index is 12.7. The Morgan fingerprint density at radius 2 is 2.28 bits per heavy atom. The van der Waals surface area contributed by atoms with E-state index in [9.17, 15) is 9.90 Å². The third-order valence-electron chi connectivity index (χ3n) is 4.13. The Hall–Kier alpha value is -2.38. The molecule has 2 heterocycles. The van der Waals surface area contributed by atoms with Gasteiger partial charge >= 0.3 is 0 Å². The molecule has 1 aliphatic heterocycles. The Balaban J connectivity index is 1.70. The second kappa shape index (κ2) is 7.25. The molecule has 1 aliphatic rings. The third-order valence-corrected chi connectivity index (χ3v) is 4.13. The molecule has 25 heavy (non-hydrogen) atoms. The van der Waals surface area contributed by atoms with Gasteiger partial charge in [-0.2, -0.15) is 0 Å². The smallest absolute Gasteiger partial charge is 0.259 e. The summed E-state index contributed by atoms with van der Waals surface area (Å²) >= 11 is 0. The van der Waals surface area contributed by atoms with Crippen LogP contribution in [0.5, 0.6) is 5.75 Å². The van der Waals surface area contributed by atoms with Crippen molar-refractivity contribution in [1.82, 2.24) is 10.1 Å². The van der Waals surface area contributed by atoms with Gasteiger partial charge in [0.2, 0.25) is 0 Å². The lowest BCUT2D eigenvalue weighted by atomic mass is 10.1. The number of aliphatic hydroxyl groups is 1. The second-order valence-electron chi connectivity index (χ2n) is 6.42. The number of hydrogen-bond donors (Lipinski definition) is 1. The van der Waals surface area contributed by atoms with E-state index in [0.717, 1.165) is 5.56 Å². The van der Waals surface area contributed by atoms with Crippen molar-refractivity contribution >= 4 is 5.91 Å². The molecule has 1 amide bonds. The molecule has 2 aromatic rings. The van der Waals surface area contributed by atoms with Gasteiger partial charge in [0.15, 0.2) is 0 Å². The van der Waals surface area contributed by atoms with Crippen LogP contribution >= 0.6 is 0 Å². The van der Waals surface area contributed by atoms with Crippen molar-refractivity contribution in [2.24, 2.45) is 0 Å². The van der Waals surface area contributed by atoms with Crippen LogP contribution in [0.2, 0.25) is 0 Å². The molecule has 1 fully saturated rings. The lowest BCUT2D eigenvalue weighted by Crippen LogP contribution is -2.50. The van der Waals surface area contributed by atoms with Crippen molar-refractivity contribution in [3.63, 3.8) is 0 Å². The highest BCUT2D eigenvalue weighted by Crippen LogP contribution is 2.19. The average Bonchev–Trinajstić information content (AvgIpc) is 2.91. The summed E-state index contributed by atoms with van der Waals surface area (Å²) in [5, 5.41) is 14.6. The highest BCUT2D eigenvalue weighted by Gasteiger charge is 2.36. The molecule has 1 N–H and O–H groups in total. The average molecular weight is 346 g/mol.